The van der Waals surface area contributed by atoms with Crippen LogP contribution in [-0.2, 0) is 16.0 Å². The summed E-state index contributed by atoms with van der Waals surface area (Å²) in [4.78, 5) is 24.5. The van der Waals surface area contributed by atoms with Crippen molar-refractivity contribution in [1.29, 1.82) is 0 Å². The Labute approximate surface area is 168 Å². The van der Waals surface area contributed by atoms with Crippen LogP contribution in [0, 0.1) is 0 Å². The summed E-state index contributed by atoms with van der Waals surface area (Å²) in [6.07, 6.45) is 1.79. The molecule has 1 heterocycles. The highest BCUT2D eigenvalue weighted by molar-refractivity contribution is 6.35. The Morgan fingerprint density at radius 3 is 2.74 bits per heavy atom. The van der Waals surface area contributed by atoms with Gasteiger partial charge < -0.3 is 15.4 Å². The van der Waals surface area contributed by atoms with E-state index in [1.54, 1.807) is 36.4 Å². The number of hydrogen-bond donors (Lipinski definition) is 2. The molecule has 2 aromatic carbocycles. The van der Waals surface area contributed by atoms with E-state index in [0.717, 1.165) is 18.4 Å². The van der Waals surface area contributed by atoms with E-state index in [2.05, 4.69) is 10.6 Å². The number of anilines is 1. The molecule has 7 heteroatoms. The molecule has 1 fully saturated rings. The van der Waals surface area contributed by atoms with Gasteiger partial charge in [-0.1, -0.05) is 35.3 Å². The Kier molecular flexibility index (Phi) is 6.72. The third-order valence-corrected chi connectivity index (χ3v) is 4.90. The molecule has 1 atom stereocenters. The molecule has 27 heavy (non-hydrogen) atoms. The number of benzene rings is 2. The van der Waals surface area contributed by atoms with Crippen molar-refractivity contribution in [3.8, 4) is 0 Å². The van der Waals surface area contributed by atoms with Crippen LogP contribution in [0.1, 0.15) is 28.8 Å². The highest BCUT2D eigenvalue weighted by Gasteiger charge is 2.23. The SMILES string of the molecule is O=C(NCCc1ccc(Cl)cc1Cl)c1cccc(NC(=O)C2CCCO2)c1. The van der Waals surface area contributed by atoms with Gasteiger partial charge in [-0.2, -0.15) is 0 Å². The summed E-state index contributed by atoms with van der Waals surface area (Å²) in [6, 6.07) is 12.1. The number of halogens is 2. The summed E-state index contributed by atoms with van der Waals surface area (Å²) in [5, 5.41) is 6.81. The van der Waals surface area contributed by atoms with Crippen LogP contribution >= 0.6 is 23.2 Å². The Morgan fingerprint density at radius 2 is 2.00 bits per heavy atom. The predicted molar refractivity (Wildman–Crippen MR) is 107 cm³/mol. The lowest BCUT2D eigenvalue weighted by molar-refractivity contribution is -0.124. The zero-order valence-corrected chi connectivity index (χ0v) is 16.1. The second-order valence-corrected chi connectivity index (χ2v) is 7.16. The second-order valence-electron chi connectivity index (χ2n) is 6.31. The minimum Gasteiger partial charge on any atom is -0.368 e. The van der Waals surface area contributed by atoms with Crippen molar-refractivity contribution in [2.24, 2.45) is 0 Å². The van der Waals surface area contributed by atoms with Gasteiger partial charge in [0.2, 0.25) is 0 Å². The summed E-state index contributed by atoms with van der Waals surface area (Å²) in [6.45, 7) is 1.05. The molecule has 2 N–H and O–H groups in total. The molecule has 142 valence electrons. The molecular weight excluding hydrogens is 387 g/mol. The van der Waals surface area contributed by atoms with E-state index >= 15 is 0 Å². The molecule has 0 saturated carbocycles. The van der Waals surface area contributed by atoms with Crippen molar-refractivity contribution in [1.82, 2.24) is 5.32 Å². The molecule has 0 radical (unpaired) electrons. The van der Waals surface area contributed by atoms with Gasteiger partial charge in [-0.15, -0.1) is 0 Å². The monoisotopic (exact) mass is 406 g/mol. The summed E-state index contributed by atoms with van der Waals surface area (Å²) >= 11 is 12.0. The Bertz CT molecular complexity index is 836. The molecule has 0 aliphatic carbocycles. The fraction of sp³-hybridized carbons (Fsp3) is 0.300. The highest BCUT2D eigenvalue weighted by Crippen LogP contribution is 2.21. The second kappa shape index (κ2) is 9.22. The summed E-state index contributed by atoms with van der Waals surface area (Å²) in [7, 11) is 0. The summed E-state index contributed by atoms with van der Waals surface area (Å²) in [5.74, 6) is -0.393. The molecule has 2 amide bonds. The highest BCUT2D eigenvalue weighted by atomic mass is 35.5. The van der Waals surface area contributed by atoms with Gasteiger partial charge in [0.05, 0.1) is 0 Å². The van der Waals surface area contributed by atoms with Crippen LogP contribution in [0.25, 0.3) is 0 Å². The molecule has 5 nitrogen and oxygen atoms in total. The van der Waals surface area contributed by atoms with Crippen LogP contribution in [0.5, 0.6) is 0 Å². The van der Waals surface area contributed by atoms with E-state index in [0.29, 0.717) is 40.9 Å². The third-order valence-electron chi connectivity index (χ3n) is 4.31. The average molecular weight is 407 g/mol. The van der Waals surface area contributed by atoms with Crippen molar-refractivity contribution < 1.29 is 14.3 Å². The van der Waals surface area contributed by atoms with Crippen molar-refractivity contribution in [3.63, 3.8) is 0 Å². The van der Waals surface area contributed by atoms with Gasteiger partial charge in [-0.05, 0) is 55.2 Å². The van der Waals surface area contributed by atoms with Gasteiger partial charge in [-0.3, -0.25) is 9.59 Å². The van der Waals surface area contributed by atoms with Gasteiger partial charge >= 0.3 is 0 Å². The van der Waals surface area contributed by atoms with Crippen LogP contribution < -0.4 is 10.6 Å². The van der Waals surface area contributed by atoms with Gasteiger partial charge in [0.25, 0.3) is 11.8 Å². The molecule has 1 unspecified atom stereocenters. The first-order valence-electron chi connectivity index (χ1n) is 8.77. The first kappa shape index (κ1) is 19.7. The van der Waals surface area contributed by atoms with Crippen LogP contribution in [-0.4, -0.2) is 31.1 Å². The molecule has 3 rings (SSSR count). The smallest absolute Gasteiger partial charge is 0.253 e. The van der Waals surface area contributed by atoms with E-state index in [1.165, 1.54) is 0 Å². The van der Waals surface area contributed by atoms with Gasteiger partial charge in [0, 0.05) is 34.4 Å². The number of carbonyl (C=O) groups excluding carboxylic acids is 2. The number of nitrogens with one attached hydrogen (secondary N) is 2. The number of rotatable bonds is 6. The maximum absolute atomic E-state index is 12.4. The van der Waals surface area contributed by atoms with E-state index in [1.807, 2.05) is 6.07 Å². The quantitative estimate of drug-likeness (QED) is 0.758. The minimum atomic E-state index is -0.411. The fourth-order valence-electron chi connectivity index (χ4n) is 2.88. The molecule has 1 saturated heterocycles. The topological polar surface area (TPSA) is 67.4 Å². The zero-order chi connectivity index (χ0) is 19.2. The van der Waals surface area contributed by atoms with Gasteiger partial charge in [0.1, 0.15) is 6.10 Å². The van der Waals surface area contributed by atoms with Crippen molar-refractivity contribution in [3.05, 3.63) is 63.6 Å². The molecular formula is C20H20Cl2N2O3. The third kappa shape index (κ3) is 5.45. The minimum absolute atomic E-state index is 0.178. The standard InChI is InChI=1S/C20H20Cl2N2O3/c21-15-7-6-13(17(22)12-15)8-9-23-19(25)14-3-1-4-16(11-14)24-20(26)18-5-2-10-27-18/h1,3-4,6-7,11-12,18H,2,5,8-10H2,(H,23,25)(H,24,26). The molecule has 1 aliphatic rings. The maximum atomic E-state index is 12.4. The Hall–Kier alpha value is -2.08. The van der Waals surface area contributed by atoms with Crippen LogP contribution in [0.2, 0.25) is 10.0 Å². The fourth-order valence-corrected chi connectivity index (χ4v) is 3.39. The van der Waals surface area contributed by atoms with Crippen LogP contribution in [0.3, 0.4) is 0 Å². The molecule has 1 aliphatic heterocycles. The van der Waals surface area contributed by atoms with Crippen LogP contribution in [0.15, 0.2) is 42.5 Å². The average Bonchev–Trinajstić information content (AvgIpc) is 3.18. The van der Waals surface area contributed by atoms with Crippen molar-refractivity contribution in [2.75, 3.05) is 18.5 Å². The summed E-state index contributed by atoms with van der Waals surface area (Å²) < 4.78 is 5.37. The first-order valence-corrected chi connectivity index (χ1v) is 9.53. The van der Waals surface area contributed by atoms with E-state index < -0.39 is 6.10 Å². The van der Waals surface area contributed by atoms with Crippen molar-refractivity contribution in [2.45, 2.75) is 25.4 Å². The zero-order valence-electron chi connectivity index (χ0n) is 14.6. The number of ether oxygens (including phenoxy) is 1. The molecule has 0 aromatic heterocycles. The van der Waals surface area contributed by atoms with Crippen molar-refractivity contribution >= 4 is 40.7 Å². The number of hydrogen-bond acceptors (Lipinski definition) is 3. The lowest BCUT2D eigenvalue weighted by atomic mass is 10.1. The van der Waals surface area contributed by atoms with E-state index in [-0.39, 0.29) is 11.8 Å². The molecule has 2 aromatic rings. The van der Waals surface area contributed by atoms with E-state index in [9.17, 15) is 9.59 Å². The predicted octanol–water partition coefficient (Wildman–Crippen LogP) is 4.08. The van der Waals surface area contributed by atoms with E-state index in [4.69, 9.17) is 27.9 Å². The van der Waals surface area contributed by atoms with Gasteiger partial charge in [-0.25, -0.2) is 0 Å². The maximum Gasteiger partial charge on any atom is 0.253 e. The summed E-state index contributed by atoms with van der Waals surface area (Å²) in [5.41, 5.74) is 1.96. The Morgan fingerprint density at radius 1 is 1.15 bits per heavy atom. The van der Waals surface area contributed by atoms with Gasteiger partial charge in [0.15, 0.2) is 0 Å². The first-order chi connectivity index (χ1) is 13.0. The lowest BCUT2D eigenvalue weighted by Crippen LogP contribution is -2.28. The number of amides is 2. The van der Waals surface area contributed by atoms with Crippen LogP contribution in [0.4, 0.5) is 5.69 Å². The molecule has 0 bridgehead atoms. The Balaban J connectivity index is 1.54. The lowest BCUT2D eigenvalue weighted by Gasteiger charge is -2.12. The molecule has 0 spiro atoms. The number of carbonyl (C=O) groups is 2. The normalized spacial score (nSPS) is 16.1. The largest absolute Gasteiger partial charge is 0.368 e.